The van der Waals surface area contributed by atoms with Crippen molar-refractivity contribution < 1.29 is 24.5 Å². The van der Waals surface area contributed by atoms with E-state index in [1.165, 1.54) is 12.5 Å². The van der Waals surface area contributed by atoms with Crippen LogP contribution in [0.5, 0.6) is 0 Å². The van der Waals surface area contributed by atoms with E-state index in [1.54, 1.807) is 6.92 Å². The lowest BCUT2D eigenvalue weighted by Crippen LogP contribution is -2.60. The average molecular weight is 379 g/mol. The van der Waals surface area contributed by atoms with Crippen LogP contribution in [-0.4, -0.2) is 34.9 Å². The highest BCUT2D eigenvalue weighted by Crippen LogP contribution is 2.62. The second kappa shape index (κ2) is 8.17. The number of aliphatic carboxylic acids is 1. The highest BCUT2D eigenvalue weighted by molar-refractivity contribution is 5.77. The number of aliphatic hydroxyl groups is 1. The molecule has 152 valence electrons. The summed E-state index contributed by atoms with van der Waals surface area (Å²) in [5, 5.41) is 19.2. The van der Waals surface area contributed by atoms with Gasteiger partial charge in [0.1, 0.15) is 11.5 Å². The summed E-state index contributed by atoms with van der Waals surface area (Å²) in [7, 11) is 0. The zero-order valence-electron chi connectivity index (χ0n) is 17.1. The van der Waals surface area contributed by atoms with E-state index in [0.29, 0.717) is 6.42 Å². The molecule has 0 bridgehead atoms. The van der Waals surface area contributed by atoms with E-state index >= 15 is 0 Å². The fourth-order valence-electron chi connectivity index (χ4n) is 5.67. The van der Waals surface area contributed by atoms with E-state index < -0.39 is 23.5 Å². The van der Waals surface area contributed by atoms with Crippen LogP contribution in [0.25, 0.3) is 0 Å². The second-order valence-corrected chi connectivity index (χ2v) is 8.80. The Morgan fingerprint density at radius 1 is 1.30 bits per heavy atom. The molecule has 2 aliphatic rings. The van der Waals surface area contributed by atoms with Gasteiger partial charge in [0.05, 0.1) is 6.61 Å². The summed E-state index contributed by atoms with van der Waals surface area (Å²) in [6.45, 7) is 11.7. The molecule has 2 fully saturated rings. The maximum absolute atomic E-state index is 12.4. The van der Waals surface area contributed by atoms with Crippen molar-refractivity contribution in [2.75, 3.05) is 6.61 Å². The Morgan fingerprint density at radius 2 is 1.96 bits per heavy atom. The lowest BCUT2D eigenvalue weighted by molar-refractivity contribution is -0.194. The van der Waals surface area contributed by atoms with Crippen LogP contribution in [0.1, 0.15) is 66.2 Å². The standard InChI is InChI=1S/C22H34O5/c1-14(11-13-23)6-8-17-15(2)7-9-18-21(17,4)12-10-19(27-16(3)24)22(18,5)20(25)26/h11,17-19,23H,2,6-10,12-13H2,1,3-5H3,(H,25,26)/b14-11+/t17-,18+,19+,21+,22-/m0/s1. The number of carbonyl (C=O) groups is 2. The molecule has 27 heavy (non-hydrogen) atoms. The van der Waals surface area contributed by atoms with E-state index in [-0.39, 0.29) is 23.9 Å². The molecule has 2 aliphatic carbocycles. The van der Waals surface area contributed by atoms with Crippen LogP contribution in [0, 0.1) is 22.7 Å². The lowest BCUT2D eigenvalue weighted by Gasteiger charge is -2.59. The average Bonchev–Trinajstić information content (AvgIpc) is 2.56. The maximum atomic E-state index is 12.4. The number of ether oxygens (including phenoxy) is 1. The number of allylic oxidation sites excluding steroid dienone is 2. The van der Waals surface area contributed by atoms with Gasteiger partial charge in [0.25, 0.3) is 0 Å². The molecule has 5 nitrogen and oxygen atoms in total. The van der Waals surface area contributed by atoms with Crippen molar-refractivity contribution in [1.82, 2.24) is 0 Å². The number of carboxylic acid groups (broad SMARTS) is 1. The summed E-state index contributed by atoms with van der Waals surface area (Å²) in [6.07, 6.45) is 5.96. The molecule has 0 heterocycles. The fourth-order valence-corrected chi connectivity index (χ4v) is 5.67. The molecule has 2 saturated carbocycles. The van der Waals surface area contributed by atoms with Crippen LogP contribution < -0.4 is 0 Å². The van der Waals surface area contributed by atoms with Gasteiger partial charge in [-0.2, -0.15) is 0 Å². The monoisotopic (exact) mass is 378 g/mol. The number of hydrogen-bond donors (Lipinski definition) is 2. The predicted molar refractivity (Wildman–Crippen MR) is 104 cm³/mol. The Bertz CT molecular complexity index is 637. The highest BCUT2D eigenvalue weighted by atomic mass is 16.5. The Hall–Kier alpha value is -1.62. The van der Waals surface area contributed by atoms with Crippen LogP contribution in [0.4, 0.5) is 0 Å². The van der Waals surface area contributed by atoms with Gasteiger partial charge in [0, 0.05) is 6.92 Å². The van der Waals surface area contributed by atoms with Crippen molar-refractivity contribution in [1.29, 1.82) is 0 Å². The molecule has 0 amide bonds. The van der Waals surface area contributed by atoms with Gasteiger partial charge in [-0.3, -0.25) is 9.59 Å². The van der Waals surface area contributed by atoms with Crippen LogP contribution in [0.15, 0.2) is 23.8 Å². The molecule has 0 saturated heterocycles. The molecule has 0 spiro atoms. The minimum atomic E-state index is -1.09. The Labute approximate surface area is 162 Å². The van der Waals surface area contributed by atoms with Gasteiger partial charge in [0.2, 0.25) is 0 Å². The highest BCUT2D eigenvalue weighted by Gasteiger charge is 2.62. The third-order valence-corrected chi connectivity index (χ3v) is 7.21. The summed E-state index contributed by atoms with van der Waals surface area (Å²) < 4.78 is 5.48. The van der Waals surface area contributed by atoms with E-state index in [4.69, 9.17) is 9.84 Å². The van der Waals surface area contributed by atoms with Gasteiger partial charge in [0.15, 0.2) is 0 Å². The van der Waals surface area contributed by atoms with E-state index in [9.17, 15) is 14.7 Å². The summed E-state index contributed by atoms with van der Waals surface area (Å²) in [5.41, 5.74) is 1.07. The molecule has 0 radical (unpaired) electrons. The van der Waals surface area contributed by atoms with Gasteiger partial charge in [-0.25, -0.2) is 0 Å². The Balaban J connectivity index is 2.35. The molecule has 5 heteroatoms. The minimum absolute atomic E-state index is 0.0402. The summed E-state index contributed by atoms with van der Waals surface area (Å²) in [6, 6.07) is 0. The zero-order chi connectivity index (χ0) is 20.4. The van der Waals surface area contributed by atoms with Crippen molar-refractivity contribution in [2.45, 2.75) is 72.3 Å². The summed E-state index contributed by atoms with van der Waals surface area (Å²) in [5.74, 6) is -1.14. The first-order chi connectivity index (χ1) is 12.6. The zero-order valence-corrected chi connectivity index (χ0v) is 17.1. The first-order valence-corrected chi connectivity index (χ1v) is 9.92. The number of aliphatic hydroxyl groups excluding tert-OH is 1. The van der Waals surface area contributed by atoms with Gasteiger partial charge in [-0.15, -0.1) is 0 Å². The maximum Gasteiger partial charge on any atom is 0.313 e. The smallest absolute Gasteiger partial charge is 0.313 e. The topological polar surface area (TPSA) is 83.8 Å². The number of hydrogen-bond acceptors (Lipinski definition) is 4. The first-order valence-electron chi connectivity index (χ1n) is 9.92. The summed E-state index contributed by atoms with van der Waals surface area (Å²) >= 11 is 0. The Morgan fingerprint density at radius 3 is 2.52 bits per heavy atom. The normalized spacial score (nSPS) is 36.9. The molecular formula is C22H34O5. The van der Waals surface area contributed by atoms with E-state index in [2.05, 4.69) is 13.5 Å². The largest absolute Gasteiger partial charge is 0.481 e. The second-order valence-electron chi connectivity index (χ2n) is 8.80. The minimum Gasteiger partial charge on any atom is -0.481 e. The molecule has 0 unspecified atom stereocenters. The third kappa shape index (κ3) is 3.98. The summed E-state index contributed by atoms with van der Waals surface area (Å²) in [4.78, 5) is 23.9. The third-order valence-electron chi connectivity index (χ3n) is 7.21. The molecule has 5 atom stereocenters. The van der Waals surface area contributed by atoms with Gasteiger partial charge in [-0.1, -0.05) is 30.7 Å². The predicted octanol–water partition coefficient (Wildman–Crippen LogP) is 4.11. The Kier molecular flexibility index (Phi) is 6.56. The van der Waals surface area contributed by atoms with Crippen molar-refractivity contribution in [3.05, 3.63) is 23.8 Å². The van der Waals surface area contributed by atoms with Crippen LogP contribution in [0.2, 0.25) is 0 Å². The molecule has 0 aromatic carbocycles. The fraction of sp³-hybridized carbons (Fsp3) is 0.727. The molecule has 2 N–H and O–H groups in total. The van der Waals surface area contributed by atoms with Crippen molar-refractivity contribution in [3.63, 3.8) is 0 Å². The number of carboxylic acids is 1. The lowest BCUT2D eigenvalue weighted by atomic mass is 9.46. The van der Waals surface area contributed by atoms with Gasteiger partial charge in [-0.05, 0) is 69.6 Å². The van der Waals surface area contributed by atoms with Crippen molar-refractivity contribution in [3.8, 4) is 0 Å². The molecule has 2 rings (SSSR count). The number of esters is 1. The number of rotatable bonds is 6. The SMILES string of the molecule is C=C1CC[C@@H]2[C@](C)(CC[C@@H](OC(C)=O)[C@@]2(C)C(=O)O)[C@H]1CC/C(C)=C/CO. The molecular weight excluding hydrogens is 344 g/mol. The molecule has 0 aliphatic heterocycles. The van der Waals surface area contributed by atoms with Crippen LogP contribution in [0.3, 0.4) is 0 Å². The van der Waals surface area contributed by atoms with Gasteiger partial charge < -0.3 is 14.9 Å². The number of fused-ring (bicyclic) bond motifs is 1. The number of carbonyl (C=O) groups excluding carboxylic acids is 1. The van der Waals surface area contributed by atoms with Gasteiger partial charge >= 0.3 is 11.9 Å². The quantitative estimate of drug-likeness (QED) is 0.537. The van der Waals surface area contributed by atoms with E-state index in [0.717, 1.165) is 37.7 Å². The molecule has 0 aromatic rings. The first kappa shape index (κ1) is 21.7. The van der Waals surface area contributed by atoms with E-state index in [1.807, 2.05) is 13.0 Å². The van der Waals surface area contributed by atoms with Crippen LogP contribution in [-0.2, 0) is 14.3 Å². The molecule has 0 aromatic heterocycles. The van der Waals surface area contributed by atoms with Crippen molar-refractivity contribution in [2.24, 2.45) is 22.7 Å². The van der Waals surface area contributed by atoms with Crippen LogP contribution >= 0.6 is 0 Å². The van der Waals surface area contributed by atoms with Crippen molar-refractivity contribution >= 4 is 11.9 Å².